The molecule has 1 heterocycles. The fraction of sp³-hybridized carbons (Fsp3) is 0.556. The quantitative estimate of drug-likeness (QED) is 0.602. The summed E-state index contributed by atoms with van der Waals surface area (Å²) in [6, 6.07) is 0. The van der Waals surface area contributed by atoms with E-state index < -0.39 is 12.1 Å². The standard InChI is InChI=1S/C9H12O5/c1-12-7-5-14-4-6(9(7)11)3-8(10)13-2/h4,7H,3,5H2,1-2H3/t7-/m0/s1. The summed E-state index contributed by atoms with van der Waals surface area (Å²) in [4.78, 5) is 22.4. The van der Waals surface area contributed by atoms with Crippen molar-refractivity contribution in [1.82, 2.24) is 0 Å². The topological polar surface area (TPSA) is 61.8 Å². The van der Waals surface area contributed by atoms with E-state index in [2.05, 4.69) is 4.74 Å². The Labute approximate surface area is 81.6 Å². The SMILES string of the molecule is COC(=O)CC1=COC[C@H](OC)C1=O. The van der Waals surface area contributed by atoms with Crippen LogP contribution in [0.1, 0.15) is 6.42 Å². The Hall–Kier alpha value is -1.36. The molecule has 1 atom stereocenters. The number of ether oxygens (including phenoxy) is 3. The first kappa shape index (κ1) is 10.7. The summed E-state index contributed by atoms with van der Waals surface area (Å²) in [5, 5.41) is 0. The number of hydrogen-bond acceptors (Lipinski definition) is 5. The van der Waals surface area contributed by atoms with Crippen molar-refractivity contribution >= 4 is 11.8 Å². The van der Waals surface area contributed by atoms with Crippen molar-refractivity contribution in [1.29, 1.82) is 0 Å². The highest BCUT2D eigenvalue weighted by atomic mass is 16.5. The predicted octanol–water partition coefficient (Wildman–Crippen LogP) is 0.0477. The summed E-state index contributed by atoms with van der Waals surface area (Å²) in [5.41, 5.74) is 0.287. The summed E-state index contributed by atoms with van der Waals surface area (Å²) in [7, 11) is 2.69. The van der Waals surface area contributed by atoms with Crippen LogP contribution in [-0.4, -0.2) is 38.7 Å². The maximum absolute atomic E-state index is 11.5. The lowest BCUT2D eigenvalue weighted by atomic mass is 10.0. The summed E-state index contributed by atoms with van der Waals surface area (Å²) in [6.45, 7) is 0.194. The fourth-order valence-electron chi connectivity index (χ4n) is 1.11. The molecule has 0 aromatic carbocycles. The molecule has 0 aromatic rings. The van der Waals surface area contributed by atoms with Crippen LogP contribution < -0.4 is 0 Å². The molecule has 78 valence electrons. The lowest BCUT2D eigenvalue weighted by Crippen LogP contribution is -2.33. The summed E-state index contributed by atoms with van der Waals surface area (Å²) in [5.74, 6) is -0.686. The monoisotopic (exact) mass is 200 g/mol. The van der Waals surface area contributed by atoms with Crippen molar-refractivity contribution in [2.45, 2.75) is 12.5 Å². The molecule has 0 unspecified atom stereocenters. The molecule has 0 saturated carbocycles. The molecule has 0 saturated heterocycles. The zero-order chi connectivity index (χ0) is 10.6. The van der Waals surface area contributed by atoms with Gasteiger partial charge in [0.1, 0.15) is 6.61 Å². The van der Waals surface area contributed by atoms with Gasteiger partial charge in [0.2, 0.25) is 0 Å². The molecule has 5 nitrogen and oxygen atoms in total. The Kier molecular flexibility index (Phi) is 3.64. The Morgan fingerprint density at radius 1 is 1.64 bits per heavy atom. The second-order valence-electron chi connectivity index (χ2n) is 2.82. The van der Waals surface area contributed by atoms with Gasteiger partial charge < -0.3 is 14.2 Å². The fourth-order valence-corrected chi connectivity index (χ4v) is 1.11. The van der Waals surface area contributed by atoms with E-state index in [1.165, 1.54) is 20.5 Å². The van der Waals surface area contributed by atoms with Crippen molar-refractivity contribution in [3.63, 3.8) is 0 Å². The smallest absolute Gasteiger partial charge is 0.310 e. The first-order valence-corrected chi connectivity index (χ1v) is 4.13. The normalized spacial score (nSPS) is 21.1. The van der Waals surface area contributed by atoms with Crippen molar-refractivity contribution in [3.8, 4) is 0 Å². The van der Waals surface area contributed by atoms with E-state index in [0.29, 0.717) is 0 Å². The van der Waals surface area contributed by atoms with Crippen LogP contribution in [0.2, 0.25) is 0 Å². The molecule has 0 aliphatic carbocycles. The molecule has 0 amide bonds. The van der Waals surface area contributed by atoms with E-state index in [9.17, 15) is 9.59 Å². The van der Waals surface area contributed by atoms with Gasteiger partial charge in [0, 0.05) is 12.7 Å². The third-order valence-electron chi connectivity index (χ3n) is 1.93. The average Bonchev–Trinajstić information content (AvgIpc) is 2.21. The van der Waals surface area contributed by atoms with E-state index in [-0.39, 0.29) is 24.4 Å². The highest BCUT2D eigenvalue weighted by Gasteiger charge is 2.27. The van der Waals surface area contributed by atoms with Gasteiger partial charge in [-0.1, -0.05) is 0 Å². The Morgan fingerprint density at radius 3 is 2.93 bits per heavy atom. The van der Waals surface area contributed by atoms with Gasteiger partial charge in [-0.05, 0) is 0 Å². The molecule has 0 fully saturated rings. The maximum atomic E-state index is 11.5. The molecule has 1 rings (SSSR count). The van der Waals surface area contributed by atoms with Gasteiger partial charge in [-0.25, -0.2) is 0 Å². The molecule has 0 N–H and O–H groups in total. The number of esters is 1. The van der Waals surface area contributed by atoms with Gasteiger partial charge >= 0.3 is 5.97 Å². The molecule has 1 aliphatic heterocycles. The number of ketones is 1. The largest absolute Gasteiger partial charge is 0.498 e. The van der Waals surface area contributed by atoms with Crippen LogP contribution in [0.25, 0.3) is 0 Å². The van der Waals surface area contributed by atoms with Crippen LogP contribution in [0, 0.1) is 0 Å². The predicted molar refractivity (Wildman–Crippen MR) is 46.5 cm³/mol. The molecule has 1 aliphatic rings. The lowest BCUT2D eigenvalue weighted by Gasteiger charge is -2.19. The van der Waals surface area contributed by atoms with Gasteiger partial charge in [0.15, 0.2) is 11.9 Å². The molecule has 0 bridgehead atoms. The number of carbonyl (C=O) groups is 2. The number of Topliss-reactive ketones (excluding diaryl/α,β-unsaturated/α-hetero) is 1. The highest BCUT2D eigenvalue weighted by Crippen LogP contribution is 2.14. The van der Waals surface area contributed by atoms with Crippen LogP contribution in [0.5, 0.6) is 0 Å². The molecule has 0 aromatic heterocycles. The van der Waals surface area contributed by atoms with Gasteiger partial charge in [-0.2, -0.15) is 0 Å². The Morgan fingerprint density at radius 2 is 2.36 bits per heavy atom. The third kappa shape index (κ3) is 2.32. The van der Waals surface area contributed by atoms with Gasteiger partial charge in [0.25, 0.3) is 0 Å². The van der Waals surface area contributed by atoms with Crippen LogP contribution in [0.15, 0.2) is 11.8 Å². The minimum atomic E-state index is -0.611. The van der Waals surface area contributed by atoms with Crippen LogP contribution in [-0.2, 0) is 23.8 Å². The maximum Gasteiger partial charge on any atom is 0.310 e. The van der Waals surface area contributed by atoms with E-state index in [4.69, 9.17) is 9.47 Å². The zero-order valence-electron chi connectivity index (χ0n) is 8.11. The average molecular weight is 200 g/mol. The number of carbonyl (C=O) groups excluding carboxylic acids is 2. The van der Waals surface area contributed by atoms with E-state index in [0.717, 1.165) is 0 Å². The minimum absolute atomic E-state index is 0.0742. The van der Waals surface area contributed by atoms with Gasteiger partial charge in [-0.15, -0.1) is 0 Å². The first-order chi connectivity index (χ1) is 6.69. The number of hydrogen-bond donors (Lipinski definition) is 0. The van der Waals surface area contributed by atoms with Crippen LogP contribution in [0.4, 0.5) is 0 Å². The summed E-state index contributed by atoms with van der Waals surface area (Å²) >= 11 is 0. The van der Waals surface area contributed by atoms with Gasteiger partial charge in [-0.3, -0.25) is 9.59 Å². The number of rotatable bonds is 3. The molecule has 0 spiro atoms. The summed E-state index contributed by atoms with van der Waals surface area (Å²) < 4.78 is 14.3. The number of methoxy groups -OCH3 is 2. The Bertz CT molecular complexity index is 268. The van der Waals surface area contributed by atoms with E-state index in [1.807, 2.05) is 0 Å². The van der Waals surface area contributed by atoms with Crippen LogP contribution in [0.3, 0.4) is 0 Å². The van der Waals surface area contributed by atoms with E-state index in [1.54, 1.807) is 0 Å². The minimum Gasteiger partial charge on any atom is -0.498 e. The molecule has 0 radical (unpaired) electrons. The lowest BCUT2D eigenvalue weighted by molar-refractivity contribution is -0.141. The first-order valence-electron chi connectivity index (χ1n) is 4.13. The van der Waals surface area contributed by atoms with Crippen LogP contribution >= 0.6 is 0 Å². The highest BCUT2D eigenvalue weighted by molar-refractivity contribution is 6.02. The second-order valence-corrected chi connectivity index (χ2v) is 2.82. The zero-order valence-corrected chi connectivity index (χ0v) is 8.11. The van der Waals surface area contributed by atoms with Crippen molar-refractivity contribution in [2.75, 3.05) is 20.8 Å². The van der Waals surface area contributed by atoms with Crippen molar-refractivity contribution in [2.24, 2.45) is 0 Å². The van der Waals surface area contributed by atoms with E-state index >= 15 is 0 Å². The second kappa shape index (κ2) is 4.76. The summed E-state index contributed by atoms with van der Waals surface area (Å²) in [6.07, 6.45) is 0.601. The molecule has 14 heavy (non-hydrogen) atoms. The molecule has 5 heteroatoms. The third-order valence-corrected chi connectivity index (χ3v) is 1.93. The Balaban J connectivity index is 2.64. The molecular formula is C9H12O5. The molecular weight excluding hydrogens is 188 g/mol. The van der Waals surface area contributed by atoms with Crippen molar-refractivity contribution < 1.29 is 23.8 Å². The van der Waals surface area contributed by atoms with Crippen molar-refractivity contribution in [3.05, 3.63) is 11.8 Å². The van der Waals surface area contributed by atoms with Gasteiger partial charge in [0.05, 0.1) is 19.8 Å².